The predicted molar refractivity (Wildman–Crippen MR) is 117 cm³/mol. The first-order chi connectivity index (χ1) is 15.1. The standard InChI is InChI=1S/C23H30N4O4/c1-3-9-27-19-16-26(11-10-25-12-14-30-15-13-25)22(28)20(19)21(24-23(27)29)17-5-7-18(8-6-17)31-4-2/h3,5-8,21H,1,4,9-16H2,2H3,(H,24,29)/t21-/m1/s1. The number of carbonyl (C=O) groups excluding carboxylic acids is 2. The van der Waals surface area contributed by atoms with Crippen LogP contribution in [-0.2, 0) is 9.53 Å². The number of rotatable bonds is 8. The minimum absolute atomic E-state index is 0.0174. The van der Waals surface area contributed by atoms with Crippen molar-refractivity contribution in [2.24, 2.45) is 0 Å². The summed E-state index contributed by atoms with van der Waals surface area (Å²) < 4.78 is 10.9. The molecule has 0 bridgehead atoms. The van der Waals surface area contributed by atoms with E-state index in [0.29, 0.717) is 31.8 Å². The van der Waals surface area contributed by atoms with Crippen molar-refractivity contribution in [3.63, 3.8) is 0 Å². The number of carbonyl (C=O) groups is 2. The molecular formula is C23H30N4O4. The summed E-state index contributed by atoms with van der Waals surface area (Å²) in [4.78, 5) is 32.1. The van der Waals surface area contributed by atoms with Gasteiger partial charge in [0.1, 0.15) is 5.75 Å². The van der Waals surface area contributed by atoms with Crippen molar-refractivity contribution in [1.82, 2.24) is 20.0 Å². The molecule has 1 aromatic carbocycles. The van der Waals surface area contributed by atoms with E-state index in [1.165, 1.54) is 0 Å². The van der Waals surface area contributed by atoms with Crippen LogP contribution in [0.25, 0.3) is 0 Å². The predicted octanol–water partition coefficient (Wildman–Crippen LogP) is 1.77. The number of urea groups is 1. The zero-order chi connectivity index (χ0) is 21.8. The van der Waals surface area contributed by atoms with Crippen molar-refractivity contribution < 1.29 is 19.1 Å². The summed E-state index contributed by atoms with van der Waals surface area (Å²) >= 11 is 0. The Labute approximate surface area is 183 Å². The molecule has 8 nitrogen and oxygen atoms in total. The van der Waals surface area contributed by atoms with E-state index in [-0.39, 0.29) is 11.9 Å². The fourth-order valence-electron chi connectivity index (χ4n) is 4.31. The highest BCUT2D eigenvalue weighted by Crippen LogP contribution is 2.36. The molecule has 0 saturated carbocycles. The Kier molecular flexibility index (Phi) is 6.58. The third-order valence-electron chi connectivity index (χ3n) is 5.92. The van der Waals surface area contributed by atoms with Gasteiger partial charge in [0.15, 0.2) is 0 Å². The lowest BCUT2D eigenvalue weighted by atomic mass is 9.95. The van der Waals surface area contributed by atoms with Gasteiger partial charge in [-0.1, -0.05) is 18.2 Å². The summed E-state index contributed by atoms with van der Waals surface area (Å²) in [6.07, 6.45) is 1.68. The van der Waals surface area contributed by atoms with Gasteiger partial charge in [0, 0.05) is 32.7 Å². The van der Waals surface area contributed by atoms with Crippen LogP contribution in [0.15, 0.2) is 48.2 Å². The Morgan fingerprint density at radius 1 is 1.19 bits per heavy atom. The summed E-state index contributed by atoms with van der Waals surface area (Å²) in [5.41, 5.74) is 2.29. The maximum atomic E-state index is 13.4. The monoisotopic (exact) mass is 426 g/mol. The lowest BCUT2D eigenvalue weighted by Crippen LogP contribution is -2.47. The molecule has 0 unspecified atom stereocenters. The molecule has 166 valence electrons. The highest BCUT2D eigenvalue weighted by atomic mass is 16.5. The number of nitrogens with zero attached hydrogens (tertiary/aromatic N) is 3. The SMILES string of the molecule is C=CCN1C(=O)N[C@H](c2ccc(OCC)cc2)C2=C1CN(CCN1CCOCC1)C2=O. The van der Waals surface area contributed by atoms with Gasteiger partial charge in [-0.15, -0.1) is 6.58 Å². The van der Waals surface area contributed by atoms with E-state index in [0.717, 1.165) is 49.9 Å². The molecular weight excluding hydrogens is 396 g/mol. The third kappa shape index (κ3) is 4.45. The number of amides is 3. The number of hydrogen-bond donors (Lipinski definition) is 1. The first-order valence-electron chi connectivity index (χ1n) is 10.9. The van der Waals surface area contributed by atoms with Gasteiger partial charge >= 0.3 is 6.03 Å². The Hall–Kier alpha value is -2.84. The maximum absolute atomic E-state index is 13.4. The van der Waals surface area contributed by atoms with E-state index >= 15 is 0 Å². The van der Waals surface area contributed by atoms with Crippen LogP contribution in [0, 0.1) is 0 Å². The van der Waals surface area contributed by atoms with E-state index in [1.54, 1.807) is 11.0 Å². The molecule has 1 saturated heterocycles. The van der Waals surface area contributed by atoms with E-state index in [4.69, 9.17) is 9.47 Å². The summed E-state index contributed by atoms with van der Waals surface area (Å²) in [5.74, 6) is 0.747. The van der Waals surface area contributed by atoms with Crippen LogP contribution in [0.4, 0.5) is 4.79 Å². The molecule has 0 aliphatic carbocycles. The van der Waals surface area contributed by atoms with Gasteiger partial charge in [0.05, 0.1) is 43.7 Å². The van der Waals surface area contributed by atoms with Crippen molar-refractivity contribution in [2.75, 3.05) is 59.1 Å². The van der Waals surface area contributed by atoms with Gasteiger partial charge < -0.3 is 19.7 Å². The van der Waals surface area contributed by atoms with Crippen LogP contribution < -0.4 is 10.1 Å². The van der Waals surface area contributed by atoms with Crippen molar-refractivity contribution in [3.8, 4) is 5.75 Å². The Morgan fingerprint density at radius 2 is 1.94 bits per heavy atom. The Morgan fingerprint density at radius 3 is 2.61 bits per heavy atom. The first kappa shape index (κ1) is 21.4. The topological polar surface area (TPSA) is 74.4 Å². The van der Waals surface area contributed by atoms with Crippen molar-refractivity contribution >= 4 is 11.9 Å². The van der Waals surface area contributed by atoms with Crippen LogP contribution in [-0.4, -0.2) is 85.7 Å². The van der Waals surface area contributed by atoms with E-state index in [9.17, 15) is 9.59 Å². The lowest BCUT2D eigenvalue weighted by Gasteiger charge is -2.33. The van der Waals surface area contributed by atoms with E-state index < -0.39 is 6.04 Å². The van der Waals surface area contributed by atoms with Gasteiger partial charge in [-0.3, -0.25) is 14.6 Å². The average molecular weight is 427 g/mol. The maximum Gasteiger partial charge on any atom is 0.322 e. The van der Waals surface area contributed by atoms with Crippen LogP contribution in [0.1, 0.15) is 18.5 Å². The van der Waals surface area contributed by atoms with Crippen molar-refractivity contribution in [2.45, 2.75) is 13.0 Å². The molecule has 1 aromatic rings. The first-order valence-corrected chi connectivity index (χ1v) is 10.9. The van der Waals surface area contributed by atoms with Gasteiger partial charge in [-0.2, -0.15) is 0 Å². The minimum Gasteiger partial charge on any atom is -0.494 e. The normalized spacial score (nSPS) is 21.9. The molecule has 1 fully saturated rings. The number of nitrogens with one attached hydrogen (secondary N) is 1. The minimum atomic E-state index is -0.472. The molecule has 0 aromatic heterocycles. The van der Waals surface area contributed by atoms with Gasteiger partial charge in [0.2, 0.25) is 0 Å². The zero-order valence-electron chi connectivity index (χ0n) is 18.0. The van der Waals surface area contributed by atoms with Crippen LogP contribution >= 0.6 is 0 Å². The average Bonchev–Trinajstić information content (AvgIpc) is 3.12. The van der Waals surface area contributed by atoms with Gasteiger partial charge in [0.25, 0.3) is 5.91 Å². The molecule has 3 heterocycles. The van der Waals surface area contributed by atoms with Gasteiger partial charge in [-0.25, -0.2) is 4.79 Å². The summed E-state index contributed by atoms with van der Waals surface area (Å²) in [6, 6.07) is 6.88. The second kappa shape index (κ2) is 9.53. The fraction of sp³-hybridized carbons (Fsp3) is 0.478. The quantitative estimate of drug-likeness (QED) is 0.642. The number of morpholine rings is 1. The Balaban J connectivity index is 1.56. The molecule has 0 spiro atoms. The molecule has 3 aliphatic heterocycles. The molecule has 8 heteroatoms. The largest absolute Gasteiger partial charge is 0.494 e. The van der Waals surface area contributed by atoms with Gasteiger partial charge in [-0.05, 0) is 24.6 Å². The highest BCUT2D eigenvalue weighted by Gasteiger charge is 2.43. The summed E-state index contributed by atoms with van der Waals surface area (Å²) in [7, 11) is 0. The molecule has 31 heavy (non-hydrogen) atoms. The fourth-order valence-corrected chi connectivity index (χ4v) is 4.31. The number of hydrogen-bond acceptors (Lipinski definition) is 5. The highest BCUT2D eigenvalue weighted by molar-refractivity contribution is 6.01. The lowest BCUT2D eigenvalue weighted by molar-refractivity contribution is -0.126. The second-order valence-electron chi connectivity index (χ2n) is 7.82. The number of ether oxygens (including phenoxy) is 2. The number of benzene rings is 1. The molecule has 4 rings (SSSR count). The molecule has 1 N–H and O–H groups in total. The summed E-state index contributed by atoms with van der Waals surface area (Å²) in [5, 5.41) is 3.01. The van der Waals surface area contributed by atoms with Crippen molar-refractivity contribution in [3.05, 3.63) is 53.8 Å². The Bertz CT molecular complexity index is 861. The van der Waals surface area contributed by atoms with Crippen LogP contribution in [0.3, 0.4) is 0 Å². The molecule has 3 amide bonds. The molecule has 3 aliphatic rings. The van der Waals surface area contributed by atoms with Crippen molar-refractivity contribution in [1.29, 1.82) is 0 Å². The zero-order valence-corrected chi connectivity index (χ0v) is 18.0. The molecule has 0 radical (unpaired) electrons. The summed E-state index contributed by atoms with van der Waals surface area (Å²) in [6.45, 7) is 11.7. The van der Waals surface area contributed by atoms with Crippen LogP contribution in [0.2, 0.25) is 0 Å². The molecule has 1 atom stereocenters. The van der Waals surface area contributed by atoms with E-state index in [2.05, 4.69) is 16.8 Å². The third-order valence-corrected chi connectivity index (χ3v) is 5.92. The van der Waals surface area contributed by atoms with Crippen LogP contribution in [0.5, 0.6) is 5.75 Å². The smallest absolute Gasteiger partial charge is 0.322 e. The van der Waals surface area contributed by atoms with E-state index in [1.807, 2.05) is 36.1 Å². The second-order valence-corrected chi connectivity index (χ2v) is 7.82.